The van der Waals surface area contributed by atoms with Crippen molar-refractivity contribution in [3.05, 3.63) is 65.7 Å². The number of hydrogen-bond acceptors (Lipinski definition) is 5. The molecule has 0 spiro atoms. The Hall–Kier alpha value is -2.25. The zero-order chi connectivity index (χ0) is 17.9. The lowest BCUT2D eigenvalue weighted by molar-refractivity contribution is 0.0998. The van der Waals surface area contributed by atoms with E-state index in [-0.39, 0.29) is 17.5 Å². The van der Waals surface area contributed by atoms with Crippen LogP contribution < -0.4 is 5.32 Å². The summed E-state index contributed by atoms with van der Waals surface area (Å²) in [4.78, 5) is 17.2. The number of carbonyl (C=O) groups excluding carboxylic acids is 1. The number of nitrogens with one attached hydrogen (secondary N) is 1. The average molecular weight is 386 g/mol. The third kappa shape index (κ3) is 3.64. The zero-order valence-corrected chi connectivity index (χ0v) is 15.3. The lowest BCUT2D eigenvalue weighted by atomic mass is 10.1. The van der Waals surface area contributed by atoms with Crippen molar-refractivity contribution in [3.8, 4) is 0 Å². The number of benzene rings is 2. The van der Waals surface area contributed by atoms with Crippen LogP contribution in [0.2, 0.25) is 0 Å². The summed E-state index contributed by atoms with van der Waals surface area (Å²) in [6.07, 6.45) is 0. The fourth-order valence-corrected chi connectivity index (χ4v) is 4.72. The second-order valence-corrected chi connectivity index (χ2v) is 7.96. The molecule has 0 bridgehead atoms. The molecule has 1 N–H and O–H groups in total. The second kappa shape index (κ2) is 7.55. The van der Waals surface area contributed by atoms with Gasteiger partial charge in [0.05, 0.1) is 6.54 Å². The Morgan fingerprint density at radius 1 is 1.23 bits per heavy atom. The molecule has 4 nitrogen and oxygen atoms in total. The minimum Gasteiger partial charge on any atom is -0.451 e. The summed E-state index contributed by atoms with van der Waals surface area (Å²) in [7, 11) is 0. The highest BCUT2D eigenvalue weighted by Gasteiger charge is 2.21. The lowest BCUT2D eigenvalue weighted by Gasteiger charge is -2.05. The van der Waals surface area contributed by atoms with Gasteiger partial charge >= 0.3 is 0 Å². The molecular formula is C19H15FN2O2S2. The van der Waals surface area contributed by atoms with Crippen LogP contribution in [0.4, 0.5) is 10.1 Å². The summed E-state index contributed by atoms with van der Waals surface area (Å²) in [6.45, 7) is 0.844. The molecule has 1 amide bonds. The van der Waals surface area contributed by atoms with Crippen molar-refractivity contribution in [2.75, 3.05) is 17.6 Å². The first-order valence-corrected chi connectivity index (χ1v) is 10.1. The number of carbonyl (C=O) groups is 1. The van der Waals surface area contributed by atoms with E-state index in [0.717, 1.165) is 27.6 Å². The van der Waals surface area contributed by atoms with Gasteiger partial charge in [-0.05, 0) is 30.3 Å². The lowest BCUT2D eigenvalue weighted by Crippen LogP contribution is -2.12. The van der Waals surface area contributed by atoms with E-state index in [1.165, 1.54) is 24.3 Å². The van der Waals surface area contributed by atoms with E-state index in [1.807, 2.05) is 24.3 Å². The first-order valence-electron chi connectivity index (χ1n) is 8.08. The molecule has 4 rings (SSSR count). The van der Waals surface area contributed by atoms with Crippen LogP contribution in [0.3, 0.4) is 0 Å². The van der Waals surface area contributed by atoms with Gasteiger partial charge in [-0.2, -0.15) is 0 Å². The van der Waals surface area contributed by atoms with Crippen LogP contribution in [0.15, 0.2) is 57.9 Å². The Labute approximate surface area is 158 Å². The quantitative estimate of drug-likeness (QED) is 0.673. The van der Waals surface area contributed by atoms with Gasteiger partial charge in [-0.1, -0.05) is 41.7 Å². The molecule has 0 fully saturated rings. The van der Waals surface area contributed by atoms with Gasteiger partial charge in [-0.25, -0.2) is 4.39 Å². The van der Waals surface area contributed by atoms with Crippen molar-refractivity contribution in [2.45, 2.75) is 5.75 Å². The van der Waals surface area contributed by atoms with Crippen molar-refractivity contribution in [3.63, 3.8) is 0 Å². The van der Waals surface area contributed by atoms with Crippen LogP contribution in [-0.2, 0) is 5.75 Å². The maximum Gasteiger partial charge on any atom is 0.291 e. The molecule has 0 atom stereocenters. The summed E-state index contributed by atoms with van der Waals surface area (Å²) in [6, 6.07) is 13.3. The highest BCUT2D eigenvalue weighted by Crippen LogP contribution is 2.33. The van der Waals surface area contributed by atoms with Crippen molar-refractivity contribution < 1.29 is 13.6 Å². The SMILES string of the molecule is O=C(Nc1ccc(F)cc1)c1oc2ccccc2c1CSC1=NCCS1. The van der Waals surface area contributed by atoms with Gasteiger partial charge in [0.15, 0.2) is 5.76 Å². The maximum atomic E-state index is 13.1. The van der Waals surface area contributed by atoms with Gasteiger partial charge in [-0.15, -0.1) is 0 Å². The standard InChI is InChI=1S/C19H15FN2O2S2/c20-12-5-7-13(8-6-12)22-18(23)17-15(11-26-19-21-9-10-25-19)14-3-1-2-4-16(14)24-17/h1-8H,9-11H2,(H,22,23). The fraction of sp³-hybridized carbons (Fsp3) is 0.158. The number of nitrogens with zero attached hydrogens (tertiary/aromatic N) is 1. The first kappa shape index (κ1) is 17.2. The van der Waals surface area contributed by atoms with Crippen LogP contribution in [0.1, 0.15) is 16.1 Å². The third-order valence-electron chi connectivity index (χ3n) is 3.90. The zero-order valence-electron chi connectivity index (χ0n) is 13.7. The van der Waals surface area contributed by atoms with Gasteiger partial charge in [0.25, 0.3) is 5.91 Å². The molecular weight excluding hydrogens is 371 g/mol. The molecule has 0 radical (unpaired) electrons. The molecule has 7 heteroatoms. The number of thioether (sulfide) groups is 2. The minimum atomic E-state index is -0.348. The average Bonchev–Trinajstić information content (AvgIpc) is 3.29. The predicted octanol–water partition coefficient (Wildman–Crippen LogP) is 5.16. The molecule has 1 aliphatic heterocycles. The van der Waals surface area contributed by atoms with Crippen molar-refractivity contribution in [1.82, 2.24) is 0 Å². The highest BCUT2D eigenvalue weighted by atomic mass is 32.2. The topological polar surface area (TPSA) is 54.6 Å². The molecule has 3 aromatic rings. The Morgan fingerprint density at radius 3 is 2.81 bits per heavy atom. The van der Waals surface area contributed by atoms with E-state index in [9.17, 15) is 9.18 Å². The minimum absolute atomic E-state index is 0.284. The fourth-order valence-electron chi connectivity index (χ4n) is 2.68. The van der Waals surface area contributed by atoms with Crippen LogP contribution in [0.5, 0.6) is 0 Å². The van der Waals surface area contributed by atoms with Crippen LogP contribution in [-0.4, -0.2) is 22.6 Å². The van der Waals surface area contributed by atoms with E-state index in [0.29, 0.717) is 17.0 Å². The van der Waals surface area contributed by atoms with Crippen molar-refractivity contribution in [1.29, 1.82) is 0 Å². The van der Waals surface area contributed by atoms with Gasteiger partial charge in [0, 0.05) is 28.1 Å². The number of aliphatic imine (C=N–C) groups is 1. The number of para-hydroxylation sites is 1. The molecule has 2 aromatic carbocycles. The number of anilines is 1. The molecule has 0 saturated carbocycles. The Kier molecular flexibility index (Phi) is 4.99. The smallest absolute Gasteiger partial charge is 0.291 e. The summed E-state index contributed by atoms with van der Waals surface area (Å²) in [5.41, 5.74) is 2.04. The monoisotopic (exact) mass is 386 g/mol. The molecule has 0 saturated heterocycles. The number of fused-ring (bicyclic) bond motifs is 1. The normalized spacial score (nSPS) is 13.8. The van der Waals surface area contributed by atoms with Gasteiger partial charge < -0.3 is 9.73 Å². The number of amides is 1. The highest BCUT2D eigenvalue weighted by molar-refractivity contribution is 8.38. The number of halogens is 1. The van der Waals surface area contributed by atoms with Gasteiger partial charge in [-0.3, -0.25) is 9.79 Å². The first-order chi connectivity index (χ1) is 12.7. The maximum absolute atomic E-state index is 13.1. The molecule has 2 heterocycles. The van der Waals surface area contributed by atoms with Gasteiger partial charge in [0.2, 0.25) is 0 Å². The van der Waals surface area contributed by atoms with Crippen LogP contribution in [0, 0.1) is 5.82 Å². The van der Waals surface area contributed by atoms with Crippen LogP contribution >= 0.6 is 23.5 Å². The molecule has 0 unspecified atom stereocenters. The summed E-state index contributed by atoms with van der Waals surface area (Å²) in [5, 5.41) is 3.69. The predicted molar refractivity (Wildman–Crippen MR) is 107 cm³/mol. The van der Waals surface area contributed by atoms with E-state index < -0.39 is 0 Å². The van der Waals surface area contributed by atoms with Crippen molar-refractivity contribution in [2.24, 2.45) is 4.99 Å². The van der Waals surface area contributed by atoms with Crippen molar-refractivity contribution >= 4 is 50.5 Å². The molecule has 0 aliphatic carbocycles. The summed E-state index contributed by atoms with van der Waals surface area (Å²) in [5.74, 6) is 1.20. The van der Waals surface area contributed by atoms with E-state index in [1.54, 1.807) is 23.5 Å². The number of hydrogen-bond donors (Lipinski definition) is 1. The largest absolute Gasteiger partial charge is 0.451 e. The molecule has 132 valence electrons. The summed E-state index contributed by atoms with van der Waals surface area (Å²) < 4.78 is 19.9. The Morgan fingerprint density at radius 2 is 2.04 bits per heavy atom. The summed E-state index contributed by atoms with van der Waals surface area (Å²) >= 11 is 3.35. The Bertz CT molecular complexity index is 983. The van der Waals surface area contributed by atoms with Gasteiger partial charge in [0.1, 0.15) is 15.8 Å². The number of rotatable bonds is 4. The van der Waals surface area contributed by atoms with Crippen LogP contribution in [0.25, 0.3) is 11.0 Å². The molecule has 1 aromatic heterocycles. The Balaban J connectivity index is 1.63. The molecule has 26 heavy (non-hydrogen) atoms. The third-order valence-corrected chi connectivity index (χ3v) is 6.18. The number of furan rings is 1. The van der Waals surface area contributed by atoms with E-state index >= 15 is 0 Å². The van der Waals surface area contributed by atoms with E-state index in [4.69, 9.17) is 4.42 Å². The molecule has 1 aliphatic rings. The second-order valence-electron chi connectivity index (χ2n) is 5.65. The van der Waals surface area contributed by atoms with E-state index in [2.05, 4.69) is 10.3 Å².